The molecule has 1 aliphatic rings. The van der Waals surface area contributed by atoms with E-state index in [0.717, 1.165) is 16.7 Å². The van der Waals surface area contributed by atoms with Gasteiger partial charge in [0.1, 0.15) is 17.2 Å². The molecule has 0 unspecified atom stereocenters. The van der Waals surface area contributed by atoms with E-state index in [2.05, 4.69) is 15.3 Å². The van der Waals surface area contributed by atoms with E-state index in [1.807, 2.05) is 0 Å². The van der Waals surface area contributed by atoms with Gasteiger partial charge >= 0.3 is 12.1 Å². The highest BCUT2D eigenvalue weighted by atomic mass is 32.2. The second-order valence-corrected chi connectivity index (χ2v) is 5.85. The summed E-state index contributed by atoms with van der Waals surface area (Å²) in [6.07, 6.45) is -4.44. The molecule has 1 aromatic carbocycles. The summed E-state index contributed by atoms with van der Waals surface area (Å²) in [4.78, 5) is 18.7. The van der Waals surface area contributed by atoms with Gasteiger partial charge in [0, 0.05) is 11.1 Å². The molecule has 25 heavy (non-hydrogen) atoms. The number of halogens is 3. The zero-order chi connectivity index (χ0) is 18.2. The summed E-state index contributed by atoms with van der Waals surface area (Å²) in [7, 11) is 0. The van der Waals surface area contributed by atoms with Crippen LogP contribution in [0.5, 0.6) is 0 Å². The standard InChI is InChI=1S/C15H7F3N4O2S/c16-15(17,18)11-8(14(23)24)6-20-12(22-11)7(5-19)13-21-9-3-1-2-4-10(9)25-13/h1-4,6,21H,(H,23,24)/b13-7-. The fourth-order valence-electron chi connectivity index (χ4n) is 2.11. The van der Waals surface area contributed by atoms with Crippen LogP contribution in [0.25, 0.3) is 5.57 Å². The second-order valence-electron chi connectivity index (χ2n) is 4.80. The third-order valence-corrected chi connectivity index (χ3v) is 4.28. The number of hydrogen-bond acceptors (Lipinski definition) is 6. The van der Waals surface area contributed by atoms with Crippen molar-refractivity contribution in [3.63, 3.8) is 0 Å². The molecule has 3 rings (SSSR count). The summed E-state index contributed by atoms with van der Waals surface area (Å²) >= 11 is 1.16. The molecule has 0 bridgehead atoms. The first-order valence-electron chi connectivity index (χ1n) is 6.67. The lowest BCUT2D eigenvalue weighted by atomic mass is 10.2. The Balaban J connectivity index is 2.11. The lowest BCUT2D eigenvalue weighted by Gasteiger charge is -2.10. The highest BCUT2D eigenvalue weighted by Crippen LogP contribution is 2.43. The number of carboxylic acid groups (broad SMARTS) is 1. The van der Waals surface area contributed by atoms with Crippen molar-refractivity contribution < 1.29 is 23.1 Å². The van der Waals surface area contributed by atoms with Gasteiger partial charge in [-0.25, -0.2) is 14.8 Å². The summed E-state index contributed by atoms with van der Waals surface area (Å²) in [5, 5.41) is 21.4. The number of nitrogens with zero attached hydrogens (tertiary/aromatic N) is 3. The molecule has 0 radical (unpaired) electrons. The number of alkyl halides is 3. The maximum atomic E-state index is 13.1. The summed E-state index contributed by atoms with van der Waals surface area (Å²) in [5.41, 5.74) is -2.18. The van der Waals surface area contributed by atoms with E-state index in [1.165, 1.54) is 0 Å². The minimum Gasteiger partial charge on any atom is -0.478 e. The Bertz CT molecular complexity index is 924. The lowest BCUT2D eigenvalue weighted by molar-refractivity contribution is -0.141. The summed E-state index contributed by atoms with van der Waals surface area (Å²) in [6, 6.07) is 8.86. The number of benzene rings is 1. The van der Waals surface area contributed by atoms with E-state index in [0.29, 0.717) is 11.9 Å². The van der Waals surface area contributed by atoms with E-state index < -0.39 is 29.2 Å². The van der Waals surface area contributed by atoms with Crippen molar-refractivity contribution in [3.05, 3.63) is 52.6 Å². The van der Waals surface area contributed by atoms with E-state index >= 15 is 0 Å². The van der Waals surface area contributed by atoms with Gasteiger partial charge in [0.25, 0.3) is 0 Å². The molecular formula is C15H7F3N4O2S. The van der Waals surface area contributed by atoms with Gasteiger partial charge in [0.15, 0.2) is 11.5 Å². The highest BCUT2D eigenvalue weighted by Gasteiger charge is 2.38. The molecule has 1 aromatic heterocycles. The molecule has 2 heterocycles. The molecule has 2 N–H and O–H groups in total. The maximum absolute atomic E-state index is 13.1. The van der Waals surface area contributed by atoms with Crippen molar-refractivity contribution >= 4 is 29.0 Å². The van der Waals surface area contributed by atoms with Crippen LogP contribution in [-0.2, 0) is 6.18 Å². The van der Waals surface area contributed by atoms with Crippen molar-refractivity contribution in [2.24, 2.45) is 0 Å². The molecule has 0 amide bonds. The highest BCUT2D eigenvalue weighted by molar-refractivity contribution is 8.04. The number of carbonyl (C=O) groups is 1. The van der Waals surface area contributed by atoms with Crippen LogP contribution in [0.4, 0.5) is 18.9 Å². The SMILES string of the molecule is N#C/C(=C1\Nc2ccccc2S1)c1ncc(C(=O)O)c(C(F)(F)F)n1. The lowest BCUT2D eigenvalue weighted by Crippen LogP contribution is -2.17. The largest absolute Gasteiger partial charge is 0.478 e. The number of aromatic nitrogens is 2. The average Bonchev–Trinajstić information content (AvgIpc) is 2.98. The van der Waals surface area contributed by atoms with E-state index in [1.54, 1.807) is 30.3 Å². The summed E-state index contributed by atoms with van der Waals surface area (Å²) in [5.74, 6) is -2.30. The molecule has 0 saturated carbocycles. The zero-order valence-corrected chi connectivity index (χ0v) is 12.9. The Morgan fingerprint density at radius 3 is 2.64 bits per heavy atom. The number of nitrogens with one attached hydrogen (secondary N) is 1. The fraction of sp³-hybridized carbons (Fsp3) is 0.0667. The molecule has 1 aliphatic heterocycles. The third kappa shape index (κ3) is 3.14. The number of anilines is 1. The first kappa shape index (κ1) is 16.8. The number of aromatic carboxylic acids is 1. The maximum Gasteiger partial charge on any atom is 0.434 e. The number of rotatable bonds is 2. The molecule has 10 heteroatoms. The third-order valence-electron chi connectivity index (χ3n) is 3.20. The fourth-order valence-corrected chi connectivity index (χ4v) is 3.10. The Morgan fingerprint density at radius 2 is 2.04 bits per heavy atom. The molecule has 6 nitrogen and oxygen atoms in total. The molecule has 0 spiro atoms. The number of fused-ring (bicyclic) bond motifs is 1. The average molecular weight is 364 g/mol. The van der Waals surface area contributed by atoms with Gasteiger partial charge in [0.05, 0.1) is 10.7 Å². The van der Waals surface area contributed by atoms with Gasteiger partial charge < -0.3 is 10.4 Å². The van der Waals surface area contributed by atoms with Crippen molar-refractivity contribution in [1.29, 1.82) is 5.26 Å². The van der Waals surface area contributed by atoms with Gasteiger partial charge in [-0.1, -0.05) is 23.9 Å². The predicted molar refractivity (Wildman–Crippen MR) is 82.4 cm³/mol. The zero-order valence-electron chi connectivity index (χ0n) is 12.1. The van der Waals surface area contributed by atoms with Crippen LogP contribution in [0.15, 0.2) is 40.4 Å². The number of nitriles is 1. The first-order chi connectivity index (χ1) is 11.8. The Labute approximate surface area is 143 Å². The molecule has 2 aromatic rings. The molecule has 0 aliphatic carbocycles. The molecular weight excluding hydrogens is 357 g/mol. The van der Waals surface area contributed by atoms with Gasteiger partial charge in [0.2, 0.25) is 0 Å². The van der Waals surface area contributed by atoms with Crippen LogP contribution < -0.4 is 5.32 Å². The molecule has 0 saturated heterocycles. The molecule has 0 fully saturated rings. The minimum atomic E-state index is -4.99. The monoisotopic (exact) mass is 364 g/mol. The number of para-hydroxylation sites is 1. The van der Waals surface area contributed by atoms with Crippen molar-refractivity contribution in [2.45, 2.75) is 11.1 Å². The molecule has 0 atom stereocenters. The van der Waals surface area contributed by atoms with Gasteiger partial charge in [-0.3, -0.25) is 0 Å². The summed E-state index contributed by atoms with van der Waals surface area (Å²) < 4.78 is 39.2. The quantitative estimate of drug-likeness (QED) is 0.786. The van der Waals surface area contributed by atoms with Crippen LogP contribution in [0.2, 0.25) is 0 Å². The minimum absolute atomic E-state index is 0.205. The smallest absolute Gasteiger partial charge is 0.434 e. The number of allylic oxidation sites excluding steroid dienone is 1. The van der Waals surface area contributed by atoms with Crippen molar-refractivity contribution in [1.82, 2.24) is 9.97 Å². The number of carboxylic acids is 1. The van der Waals surface area contributed by atoms with Crippen LogP contribution >= 0.6 is 11.8 Å². The van der Waals surface area contributed by atoms with E-state index in [9.17, 15) is 23.2 Å². The Morgan fingerprint density at radius 1 is 1.32 bits per heavy atom. The van der Waals surface area contributed by atoms with Crippen LogP contribution in [0.1, 0.15) is 21.9 Å². The van der Waals surface area contributed by atoms with E-state index in [-0.39, 0.29) is 10.6 Å². The number of thioether (sulfide) groups is 1. The van der Waals surface area contributed by atoms with Crippen LogP contribution in [0, 0.1) is 11.3 Å². The topological polar surface area (TPSA) is 98.9 Å². The first-order valence-corrected chi connectivity index (χ1v) is 7.49. The van der Waals surface area contributed by atoms with E-state index in [4.69, 9.17) is 5.11 Å². The van der Waals surface area contributed by atoms with Gasteiger partial charge in [-0.15, -0.1) is 0 Å². The van der Waals surface area contributed by atoms with Gasteiger partial charge in [-0.2, -0.15) is 18.4 Å². The Hall–Kier alpha value is -3.06. The van der Waals surface area contributed by atoms with Gasteiger partial charge in [-0.05, 0) is 12.1 Å². The van der Waals surface area contributed by atoms with Crippen molar-refractivity contribution in [2.75, 3.05) is 5.32 Å². The van der Waals surface area contributed by atoms with Crippen molar-refractivity contribution in [3.8, 4) is 6.07 Å². The molecule has 126 valence electrons. The van der Waals surface area contributed by atoms with Crippen LogP contribution in [0.3, 0.4) is 0 Å². The predicted octanol–water partition coefficient (Wildman–Crippen LogP) is 3.60. The number of hydrogen-bond donors (Lipinski definition) is 2. The normalized spacial score (nSPS) is 15.1. The van der Waals surface area contributed by atoms with Crippen LogP contribution in [-0.4, -0.2) is 21.0 Å². The second kappa shape index (κ2) is 6.10. The Kier molecular flexibility index (Phi) is 4.10. The summed E-state index contributed by atoms with van der Waals surface area (Å²) in [6.45, 7) is 0.